The molecular weight excluding hydrogens is 380 g/mol. The van der Waals surface area contributed by atoms with Gasteiger partial charge < -0.3 is 4.98 Å². The van der Waals surface area contributed by atoms with Crippen molar-refractivity contribution in [3.8, 4) is 28.6 Å². The van der Waals surface area contributed by atoms with Gasteiger partial charge in [-0.2, -0.15) is 16.6 Å². The fraction of sp³-hybridized carbons (Fsp3) is 0.0556. The Labute approximate surface area is 162 Å². The van der Waals surface area contributed by atoms with Crippen LogP contribution in [0.1, 0.15) is 11.1 Å². The number of aromatic nitrogens is 5. The summed E-state index contributed by atoms with van der Waals surface area (Å²) in [6.45, 7) is 0. The van der Waals surface area contributed by atoms with Gasteiger partial charge in [0.05, 0.1) is 10.6 Å². The molecule has 0 radical (unpaired) electrons. The van der Waals surface area contributed by atoms with E-state index in [1.165, 1.54) is 29.2 Å². The van der Waals surface area contributed by atoms with Crippen LogP contribution in [0.3, 0.4) is 0 Å². The number of thiophene rings is 1. The van der Waals surface area contributed by atoms with Crippen LogP contribution in [-0.2, 0) is 5.75 Å². The zero-order valence-corrected chi connectivity index (χ0v) is 15.5. The van der Waals surface area contributed by atoms with E-state index >= 15 is 0 Å². The van der Waals surface area contributed by atoms with E-state index in [9.17, 15) is 10.1 Å². The number of rotatable bonds is 5. The molecule has 7 nitrogen and oxygen atoms in total. The Kier molecular flexibility index (Phi) is 4.82. The van der Waals surface area contributed by atoms with Crippen LogP contribution in [0.5, 0.6) is 0 Å². The minimum atomic E-state index is -0.223. The average Bonchev–Trinajstić information content (AvgIpc) is 3.40. The summed E-state index contributed by atoms with van der Waals surface area (Å²) in [7, 11) is 0. The first-order valence-corrected chi connectivity index (χ1v) is 9.83. The van der Waals surface area contributed by atoms with E-state index in [1.54, 1.807) is 0 Å². The van der Waals surface area contributed by atoms with Gasteiger partial charge in [-0.15, -0.1) is 16.9 Å². The molecule has 0 spiro atoms. The Balaban J connectivity index is 1.63. The molecule has 132 valence electrons. The number of nitriles is 1. The highest BCUT2D eigenvalue weighted by atomic mass is 32.2. The van der Waals surface area contributed by atoms with Crippen LogP contribution in [-0.4, -0.2) is 25.6 Å². The molecule has 0 fully saturated rings. The molecule has 0 aliphatic carbocycles. The van der Waals surface area contributed by atoms with E-state index in [4.69, 9.17) is 0 Å². The van der Waals surface area contributed by atoms with Gasteiger partial charge in [-0.3, -0.25) is 4.79 Å². The fourth-order valence-electron chi connectivity index (χ4n) is 2.65. The Bertz CT molecular complexity index is 1160. The summed E-state index contributed by atoms with van der Waals surface area (Å²) in [5.41, 5.74) is 3.70. The maximum atomic E-state index is 12.1. The smallest absolute Gasteiger partial charge is 0.249 e. The predicted molar refractivity (Wildman–Crippen MR) is 104 cm³/mol. The van der Waals surface area contributed by atoms with Crippen molar-refractivity contribution in [3.63, 3.8) is 0 Å². The zero-order chi connectivity index (χ0) is 18.6. The van der Waals surface area contributed by atoms with Crippen LogP contribution in [0.2, 0.25) is 0 Å². The Hall–Kier alpha value is -3.22. The lowest BCUT2D eigenvalue weighted by Gasteiger charge is -2.08. The van der Waals surface area contributed by atoms with Crippen molar-refractivity contribution in [1.82, 2.24) is 25.6 Å². The summed E-state index contributed by atoms with van der Waals surface area (Å²) in [4.78, 5) is 14.9. The highest BCUT2D eigenvalue weighted by molar-refractivity contribution is 7.98. The largest absolute Gasteiger partial charge is 0.316 e. The van der Waals surface area contributed by atoms with Crippen LogP contribution < -0.4 is 5.56 Å². The Morgan fingerprint density at radius 2 is 2.15 bits per heavy atom. The second-order valence-corrected chi connectivity index (χ2v) is 7.38. The molecule has 0 unspecified atom stereocenters. The molecule has 4 rings (SSSR count). The maximum absolute atomic E-state index is 12.1. The van der Waals surface area contributed by atoms with Crippen molar-refractivity contribution in [2.45, 2.75) is 10.8 Å². The lowest BCUT2D eigenvalue weighted by Crippen LogP contribution is -2.08. The molecule has 27 heavy (non-hydrogen) atoms. The van der Waals surface area contributed by atoms with Gasteiger partial charge in [-0.25, -0.2) is 5.10 Å². The molecule has 0 saturated carbocycles. The van der Waals surface area contributed by atoms with Crippen LogP contribution in [0.15, 0.2) is 57.0 Å². The summed E-state index contributed by atoms with van der Waals surface area (Å²) >= 11 is 2.95. The minimum absolute atomic E-state index is 0.223. The molecule has 0 amide bonds. The quantitative estimate of drug-likeness (QED) is 0.503. The minimum Gasteiger partial charge on any atom is -0.316 e. The fourth-order valence-corrected chi connectivity index (χ4v) is 4.27. The topological polar surface area (TPSA) is 111 Å². The van der Waals surface area contributed by atoms with Crippen molar-refractivity contribution in [1.29, 1.82) is 5.26 Å². The number of pyridine rings is 1. The maximum Gasteiger partial charge on any atom is 0.249 e. The van der Waals surface area contributed by atoms with Crippen molar-refractivity contribution in [2.24, 2.45) is 0 Å². The van der Waals surface area contributed by atoms with Gasteiger partial charge in [0.25, 0.3) is 0 Å². The third-order valence-electron chi connectivity index (χ3n) is 3.88. The SMILES string of the molecule is N#Cc1c(-c2ccsc2)cc(=O)[nH]c1SCc1cccc(-c2nnn[nH]2)c1. The van der Waals surface area contributed by atoms with Crippen LogP contribution >= 0.6 is 23.1 Å². The number of tetrazole rings is 1. The number of hydrogen-bond donors (Lipinski definition) is 2. The second kappa shape index (κ2) is 7.57. The monoisotopic (exact) mass is 392 g/mol. The summed E-state index contributed by atoms with van der Waals surface area (Å²) < 4.78 is 0. The summed E-state index contributed by atoms with van der Waals surface area (Å²) in [5.74, 6) is 1.18. The van der Waals surface area contributed by atoms with E-state index in [0.29, 0.717) is 27.7 Å². The van der Waals surface area contributed by atoms with Crippen LogP contribution in [0.25, 0.3) is 22.5 Å². The number of nitrogens with zero attached hydrogens (tertiary/aromatic N) is 4. The van der Waals surface area contributed by atoms with Gasteiger partial charge in [-0.05, 0) is 44.4 Å². The molecule has 0 saturated heterocycles. The molecule has 3 heterocycles. The lowest BCUT2D eigenvalue weighted by atomic mass is 10.1. The normalized spacial score (nSPS) is 10.6. The van der Waals surface area contributed by atoms with E-state index in [2.05, 4.69) is 31.7 Å². The highest BCUT2D eigenvalue weighted by Gasteiger charge is 2.14. The molecule has 9 heteroatoms. The molecule has 0 bridgehead atoms. The number of aromatic amines is 2. The van der Waals surface area contributed by atoms with Crippen molar-refractivity contribution < 1.29 is 0 Å². The molecule has 1 aromatic carbocycles. The molecule has 3 aromatic heterocycles. The van der Waals surface area contributed by atoms with Crippen molar-refractivity contribution in [2.75, 3.05) is 0 Å². The predicted octanol–water partition coefficient (Wildman–Crippen LogP) is 3.45. The molecule has 0 aliphatic rings. The highest BCUT2D eigenvalue weighted by Crippen LogP contribution is 2.31. The average molecular weight is 392 g/mol. The molecule has 2 N–H and O–H groups in total. The summed E-state index contributed by atoms with van der Waals surface area (Å²) in [6.07, 6.45) is 0. The second-order valence-electron chi connectivity index (χ2n) is 5.61. The van der Waals surface area contributed by atoms with E-state index in [1.807, 2.05) is 41.1 Å². The standard InChI is InChI=1S/C18H12N6OS2/c19-8-15-14(13-4-5-26-10-13)7-16(25)20-18(15)27-9-11-2-1-3-12(6-11)17-21-23-24-22-17/h1-7,10H,9H2,(H,20,25)(H,21,22,23,24). The van der Waals surface area contributed by atoms with E-state index in [-0.39, 0.29) is 5.56 Å². The third-order valence-corrected chi connectivity index (χ3v) is 5.64. The van der Waals surface area contributed by atoms with Crippen molar-refractivity contribution in [3.05, 3.63) is 68.6 Å². The number of thioether (sulfide) groups is 1. The molecule has 0 atom stereocenters. The Morgan fingerprint density at radius 3 is 2.89 bits per heavy atom. The first kappa shape index (κ1) is 17.2. The zero-order valence-electron chi connectivity index (χ0n) is 13.8. The van der Waals surface area contributed by atoms with Crippen molar-refractivity contribution >= 4 is 23.1 Å². The van der Waals surface area contributed by atoms with Gasteiger partial charge in [-0.1, -0.05) is 18.2 Å². The van der Waals surface area contributed by atoms with E-state index < -0.39 is 0 Å². The van der Waals surface area contributed by atoms with Gasteiger partial charge >= 0.3 is 0 Å². The summed E-state index contributed by atoms with van der Waals surface area (Å²) in [5, 5.41) is 27.9. The Morgan fingerprint density at radius 1 is 1.22 bits per heavy atom. The third kappa shape index (κ3) is 3.67. The molecule has 4 aromatic rings. The summed E-state index contributed by atoms with van der Waals surface area (Å²) in [6, 6.07) is 13.4. The number of hydrogen-bond acceptors (Lipinski definition) is 7. The van der Waals surface area contributed by atoms with Gasteiger partial charge in [0.2, 0.25) is 5.56 Å². The van der Waals surface area contributed by atoms with Crippen LogP contribution in [0, 0.1) is 11.3 Å². The molecular formula is C18H12N6OS2. The van der Waals surface area contributed by atoms with Gasteiger partial charge in [0, 0.05) is 22.9 Å². The number of benzene rings is 1. The van der Waals surface area contributed by atoms with E-state index in [0.717, 1.165) is 16.7 Å². The number of nitrogens with one attached hydrogen (secondary N) is 2. The number of H-pyrrole nitrogens is 2. The first-order chi connectivity index (χ1) is 13.2. The lowest BCUT2D eigenvalue weighted by molar-refractivity contribution is 0.881. The van der Waals surface area contributed by atoms with Gasteiger partial charge in [0.1, 0.15) is 6.07 Å². The van der Waals surface area contributed by atoms with Crippen LogP contribution in [0.4, 0.5) is 0 Å². The molecule has 0 aliphatic heterocycles. The first-order valence-electron chi connectivity index (χ1n) is 7.90. The van der Waals surface area contributed by atoms with Gasteiger partial charge in [0.15, 0.2) is 5.82 Å².